The molecule has 0 bridgehead atoms. The molecule has 1 aliphatic heterocycles. The van der Waals surface area contributed by atoms with Crippen LogP contribution in [0, 0.1) is 0 Å². The van der Waals surface area contributed by atoms with E-state index >= 15 is 0 Å². The smallest absolute Gasteiger partial charge is 0.262 e. The van der Waals surface area contributed by atoms with Crippen molar-refractivity contribution < 1.29 is 14.3 Å². The Morgan fingerprint density at radius 1 is 1.25 bits per heavy atom. The highest BCUT2D eigenvalue weighted by Gasteiger charge is 2.22. The molecule has 5 nitrogen and oxygen atoms in total. The molecular formula is C23H28N2O3. The van der Waals surface area contributed by atoms with E-state index in [0.717, 1.165) is 49.5 Å². The fourth-order valence-corrected chi connectivity index (χ4v) is 4.32. The molecule has 4 rings (SSSR count). The molecule has 2 N–H and O–H groups in total. The summed E-state index contributed by atoms with van der Waals surface area (Å²) >= 11 is 0. The van der Waals surface area contributed by atoms with Gasteiger partial charge in [0.15, 0.2) is 6.61 Å². The third kappa shape index (κ3) is 4.14. The van der Waals surface area contributed by atoms with Crippen LogP contribution in [0.4, 0.5) is 5.69 Å². The molecule has 2 aliphatic rings. The first-order valence-electron chi connectivity index (χ1n) is 10.2. The molecule has 1 amide bonds. The lowest BCUT2D eigenvalue weighted by Crippen LogP contribution is -2.25. The molecule has 0 saturated carbocycles. The number of hydrogen-bond donors (Lipinski definition) is 2. The van der Waals surface area contributed by atoms with Crippen molar-refractivity contribution in [2.75, 3.05) is 32.1 Å². The van der Waals surface area contributed by atoms with Gasteiger partial charge in [0.25, 0.3) is 5.91 Å². The predicted octanol–water partition coefficient (Wildman–Crippen LogP) is 3.67. The quantitative estimate of drug-likeness (QED) is 0.720. The molecule has 5 heteroatoms. The molecule has 28 heavy (non-hydrogen) atoms. The highest BCUT2D eigenvalue weighted by Crippen LogP contribution is 2.38. The van der Waals surface area contributed by atoms with Crippen LogP contribution in [-0.2, 0) is 17.6 Å². The zero-order valence-corrected chi connectivity index (χ0v) is 16.4. The Morgan fingerprint density at radius 3 is 3.07 bits per heavy atom. The van der Waals surface area contributed by atoms with E-state index in [1.165, 1.54) is 29.5 Å². The van der Waals surface area contributed by atoms with E-state index in [1.807, 2.05) is 12.1 Å². The minimum absolute atomic E-state index is 0.0906. The average molecular weight is 380 g/mol. The minimum atomic E-state index is -0.0906. The summed E-state index contributed by atoms with van der Waals surface area (Å²) in [5, 5.41) is 6.45. The van der Waals surface area contributed by atoms with Gasteiger partial charge in [-0.15, -0.1) is 0 Å². The number of carbonyl (C=O) groups is 1. The zero-order valence-electron chi connectivity index (χ0n) is 16.4. The van der Waals surface area contributed by atoms with Crippen LogP contribution in [0.1, 0.15) is 41.9 Å². The fraction of sp³-hybridized carbons (Fsp3) is 0.435. The summed E-state index contributed by atoms with van der Waals surface area (Å²) in [4.78, 5) is 11.5. The topological polar surface area (TPSA) is 59.6 Å². The van der Waals surface area contributed by atoms with E-state index in [-0.39, 0.29) is 12.5 Å². The number of carbonyl (C=O) groups excluding carboxylic acids is 1. The molecule has 2 aromatic rings. The molecule has 0 radical (unpaired) electrons. The van der Waals surface area contributed by atoms with Crippen molar-refractivity contribution >= 4 is 11.6 Å². The third-order valence-corrected chi connectivity index (χ3v) is 5.75. The SMILES string of the molecule is COc1cccc2c1CCCC2CCNCCc1ccc2c(c1)NC(=O)CO2. The summed E-state index contributed by atoms with van der Waals surface area (Å²) in [7, 11) is 1.76. The van der Waals surface area contributed by atoms with Gasteiger partial charge in [-0.3, -0.25) is 4.79 Å². The van der Waals surface area contributed by atoms with Gasteiger partial charge in [-0.2, -0.15) is 0 Å². The molecule has 148 valence electrons. The van der Waals surface area contributed by atoms with Crippen molar-refractivity contribution in [2.24, 2.45) is 0 Å². The van der Waals surface area contributed by atoms with Crippen LogP contribution < -0.4 is 20.1 Å². The molecule has 1 heterocycles. The Morgan fingerprint density at radius 2 is 2.18 bits per heavy atom. The van der Waals surface area contributed by atoms with Crippen LogP contribution in [0.15, 0.2) is 36.4 Å². The van der Waals surface area contributed by atoms with Crippen LogP contribution >= 0.6 is 0 Å². The second kappa shape index (κ2) is 8.65. The Balaban J connectivity index is 1.26. The summed E-state index contributed by atoms with van der Waals surface area (Å²) in [5.41, 5.74) is 4.85. The Labute approximate surface area is 166 Å². The normalized spacial score (nSPS) is 17.9. The van der Waals surface area contributed by atoms with E-state index in [1.54, 1.807) is 7.11 Å². The average Bonchev–Trinajstić information content (AvgIpc) is 2.72. The van der Waals surface area contributed by atoms with Gasteiger partial charge in [0.05, 0.1) is 12.8 Å². The van der Waals surface area contributed by atoms with Gasteiger partial charge in [0.1, 0.15) is 11.5 Å². The summed E-state index contributed by atoms with van der Waals surface area (Å²) in [5.74, 6) is 2.32. The zero-order chi connectivity index (χ0) is 19.3. The van der Waals surface area contributed by atoms with Gasteiger partial charge < -0.3 is 20.1 Å². The maximum atomic E-state index is 11.5. The first kappa shape index (κ1) is 18.8. The number of fused-ring (bicyclic) bond motifs is 2. The Hall–Kier alpha value is -2.53. The largest absolute Gasteiger partial charge is 0.496 e. The van der Waals surface area contributed by atoms with Crippen LogP contribution in [0.25, 0.3) is 0 Å². The van der Waals surface area contributed by atoms with E-state index in [4.69, 9.17) is 9.47 Å². The van der Waals surface area contributed by atoms with E-state index < -0.39 is 0 Å². The van der Waals surface area contributed by atoms with Crippen molar-refractivity contribution in [1.82, 2.24) is 5.32 Å². The molecule has 1 aliphatic carbocycles. The first-order valence-corrected chi connectivity index (χ1v) is 10.2. The Kier molecular flexibility index (Phi) is 5.81. The maximum absolute atomic E-state index is 11.5. The lowest BCUT2D eigenvalue weighted by atomic mass is 9.80. The van der Waals surface area contributed by atoms with Gasteiger partial charge in [-0.1, -0.05) is 18.2 Å². The number of rotatable bonds is 7. The maximum Gasteiger partial charge on any atom is 0.262 e. The lowest BCUT2D eigenvalue weighted by molar-refractivity contribution is -0.118. The minimum Gasteiger partial charge on any atom is -0.496 e. The van der Waals surface area contributed by atoms with Crippen molar-refractivity contribution in [3.8, 4) is 11.5 Å². The van der Waals surface area contributed by atoms with E-state index in [2.05, 4.69) is 34.9 Å². The van der Waals surface area contributed by atoms with Crippen molar-refractivity contribution in [1.29, 1.82) is 0 Å². The molecule has 0 aromatic heterocycles. The highest BCUT2D eigenvalue weighted by molar-refractivity contribution is 5.95. The second-order valence-electron chi connectivity index (χ2n) is 7.57. The molecule has 0 fully saturated rings. The second-order valence-corrected chi connectivity index (χ2v) is 7.57. The van der Waals surface area contributed by atoms with Gasteiger partial charge in [-0.05, 0) is 86.0 Å². The van der Waals surface area contributed by atoms with Crippen molar-refractivity contribution in [3.63, 3.8) is 0 Å². The molecular weight excluding hydrogens is 352 g/mol. The van der Waals surface area contributed by atoms with E-state index in [9.17, 15) is 4.79 Å². The predicted molar refractivity (Wildman–Crippen MR) is 110 cm³/mol. The first-order chi connectivity index (χ1) is 13.7. The number of anilines is 1. The van der Waals surface area contributed by atoms with Crippen LogP contribution in [0.5, 0.6) is 11.5 Å². The number of methoxy groups -OCH3 is 1. The van der Waals surface area contributed by atoms with Crippen LogP contribution in [0.3, 0.4) is 0 Å². The lowest BCUT2D eigenvalue weighted by Gasteiger charge is -2.27. The van der Waals surface area contributed by atoms with Crippen LogP contribution in [0.2, 0.25) is 0 Å². The van der Waals surface area contributed by atoms with Gasteiger partial charge in [0, 0.05) is 0 Å². The number of benzene rings is 2. The van der Waals surface area contributed by atoms with Crippen molar-refractivity contribution in [2.45, 2.75) is 38.0 Å². The van der Waals surface area contributed by atoms with Crippen molar-refractivity contribution in [3.05, 3.63) is 53.1 Å². The number of hydrogen-bond acceptors (Lipinski definition) is 4. The molecule has 0 saturated heterocycles. The molecule has 0 spiro atoms. The number of amides is 1. The molecule has 1 unspecified atom stereocenters. The summed E-state index contributed by atoms with van der Waals surface area (Å²) in [6.45, 7) is 2.03. The fourth-order valence-electron chi connectivity index (χ4n) is 4.32. The van der Waals surface area contributed by atoms with Gasteiger partial charge in [0.2, 0.25) is 0 Å². The summed E-state index contributed by atoms with van der Waals surface area (Å²) in [6, 6.07) is 12.5. The number of ether oxygens (including phenoxy) is 2. The van der Waals surface area contributed by atoms with Crippen LogP contribution in [-0.4, -0.2) is 32.7 Å². The number of nitrogens with one attached hydrogen (secondary N) is 2. The van der Waals surface area contributed by atoms with Gasteiger partial charge >= 0.3 is 0 Å². The highest BCUT2D eigenvalue weighted by atomic mass is 16.5. The Bertz CT molecular complexity index is 850. The molecule has 1 atom stereocenters. The van der Waals surface area contributed by atoms with Gasteiger partial charge in [-0.25, -0.2) is 0 Å². The third-order valence-electron chi connectivity index (χ3n) is 5.75. The summed E-state index contributed by atoms with van der Waals surface area (Å²) < 4.78 is 11.0. The molecule has 2 aromatic carbocycles. The monoisotopic (exact) mass is 380 g/mol. The summed E-state index contributed by atoms with van der Waals surface area (Å²) in [6.07, 6.45) is 5.70. The standard InChI is InChI=1S/C23H28N2O3/c1-27-21-7-3-5-18-17(4-2-6-19(18)21)11-13-24-12-10-16-8-9-22-20(14-16)25-23(26)15-28-22/h3,5,7-9,14,17,24H,2,4,6,10-13,15H2,1H3,(H,25,26). The van der Waals surface area contributed by atoms with E-state index in [0.29, 0.717) is 5.92 Å².